The monoisotopic (exact) mass is 253 g/mol. The lowest BCUT2D eigenvalue weighted by atomic mass is 9.96. The Morgan fingerprint density at radius 1 is 0.895 bits per heavy atom. The first-order chi connectivity index (χ1) is 9.15. The lowest BCUT2D eigenvalue weighted by Crippen LogP contribution is -2.03. The molecule has 2 heteroatoms. The Bertz CT molecular complexity index is 585. The second-order valence-electron chi connectivity index (χ2n) is 4.64. The molecule has 0 aliphatic heterocycles. The molecule has 19 heavy (non-hydrogen) atoms. The molecule has 0 saturated carbocycles. The fourth-order valence-corrected chi connectivity index (χ4v) is 2.24. The Morgan fingerprint density at radius 2 is 1.47 bits per heavy atom. The molecule has 0 spiro atoms. The summed E-state index contributed by atoms with van der Waals surface area (Å²) in [4.78, 5) is 12.4. The van der Waals surface area contributed by atoms with Crippen LogP contribution < -0.4 is 5.73 Å². The normalized spacial score (nSPS) is 10.4. The zero-order chi connectivity index (χ0) is 13.8. The van der Waals surface area contributed by atoms with Gasteiger partial charge in [-0.2, -0.15) is 0 Å². The minimum Gasteiger partial charge on any atom is -0.399 e. The van der Waals surface area contributed by atoms with Gasteiger partial charge in [-0.1, -0.05) is 26.0 Å². The van der Waals surface area contributed by atoms with Gasteiger partial charge in [-0.15, -0.1) is 0 Å². The van der Waals surface area contributed by atoms with Gasteiger partial charge in [0.25, 0.3) is 0 Å². The highest BCUT2D eigenvalue weighted by molar-refractivity contribution is 6.09. The minimum absolute atomic E-state index is 0.0531. The Labute approximate surface area is 114 Å². The first-order valence-corrected chi connectivity index (χ1v) is 6.67. The quantitative estimate of drug-likeness (QED) is 0.668. The Hall–Kier alpha value is -2.09. The summed E-state index contributed by atoms with van der Waals surface area (Å²) in [5, 5.41) is 0. The van der Waals surface area contributed by atoms with E-state index >= 15 is 0 Å². The smallest absolute Gasteiger partial charge is 0.193 e. The number of nitrogen functional groups attached to an aromatic ring is 1. The molecule has 0 unspecified atom stereocenters. The van der Waals surface area contributed by atoms with Crippen LogP contribution in [0.2, 0.25) is 0 Å². The van der Waals surface area contributed by atoms with Crippen LogP contribution in [-0.4, -0.2) is 5.78 Å². The van der Waals surface area contributed by atoms with Crippen molar-refractivity contribution in [1.82, 2.24) is 0 Å². The summed E-state index contributed by atoms with van der Waals surface area (Å²) in [7, 11) is 0. The first kappa shape index (κ1) is 13.3. The molecule has 2 nitrogen and oxygen atoms in total. The topological polar surface area (TPSA) is 43.1 Å². The largest absolute Gasteiger partial charge is 0.399 e. The number of hydrogen-bond acceptors (Lipinski definition) is 2. The molecule has 0 fully saturated rings. The van der Waals surface area contributed by atoms with E-state index in [2.05, 4.69) is 19.9 Å². The Balaban J connectivity index is 2.36. The van der Waals surface area contributed by atoms with E-state index in [4.69, 9.17) is 5.73 Å². The van der Waals surface area contributed by atoms with Crippen molar-refractivity contribution in [3.05, 3.63) is 64.7 Å². The average Bonchev–Trinajstić information content (AvgIpc) is 2.46. The highest BCUT2D eigenvalue weighted by atomic mass is 16.1. The van der Waals surface area contributed by atoms with Crippen LogP contribution in [0, 0.1) is 0 Å². The number of carbonyl (C=O) groups excluding carboxylic acids is 1. The van der Waals surface area contributed by atoms with E-state index in [1.54, 1.807) is 24.3 Å². The molecule has 2 aromatic carbocycles. The summed E-state index contributed by atoms with van der Waals surface area (Å²) in [5.74, 6) is 0.0531. The van der Waals surface area contributed by atoms with Crippen LogP contribution in [-0.2, 0) is 12.8 Å². The third kappa shape index (κ3) is 2.84. The van der Waals surface area contributed by atoms with Gasteiger partial charge in [0.2, 0.25) is 0 Å². The molecule has 0 atom stereocenters. The second-order valence-corrected chi connectivity index (χ2v) is 4.64. The molecular formula is C17H19NO. The van der Waals surface area contributed by atoms with Crippen molar-refractivity contribution in [1.29, 1.82) is 0 Å². The van der Waals surface area contributed by atoms with Crippen LogP contribution in [0.4, 0.5) is 5.69 Å². The molecular weight excluding hydrogens is 234 g/mol. The van der Waals surface area contributed by atoms with Crippen LogP contribution in [0.5, 0.6) is 0 Å². The van der Waals surface area contributed by atoms with E-state index in [0.717, 1.165) is 18.4 Å². The molecule has 2 rings (SSSR count). The van der Waals surface area contributed by atoms with Crippen molar-refractivity contribution in [2.24, 2.45) is 0 Å². The highest BCUT2D eigenvalue weighted by Gasteiger charge is 2.10. The van der Waals surface area contributed by atoms with Crippen molar-refractivity contribution >= 4 is 11.5 Å². The van der Waals surface area contributed by atoms with Gasteiger partial charge in [0, 0.05) is 16.8 Å². The van der Waals surface area contributed by atoms with Crippen molar-refractivity contribution in [2.75, 3.05) is 5.73 Å². The van der Waals surface area contributed by atoms with Gasteiger partial charge in [0.05, 0.1) is 0 Å². The lowest BCUT2D eigenvalue weighted by Gasteiger charge is -2.08. The van der Waals surface area contributed by atoms with E-state index in [0.29, 0.717) is 11.3 Å². The molecule has 2 N–H and O–H groups in total. The fraction of sp³-hybridized carbons (Fsp3) is 0.235. The molecule has 0 aliphatic carbocycles. The fourth-order valence-electron chi connectivity index (χ4n) is 2.24. The maximum atomic E-state index is 12.4. The zero-order valence-electron chi connectivity index (χ0n) is 11.4. The molecule has 2 aromatic rings. The van der Waals surface area contributed by atoms with E-state index in [1.807, 2.05) is 12.1 Å². The highest BCUT2D eigenvalue weighted by Crippen LogP contribution is 2.17. The third-order valence-corrected chi connectivity index (χ3v) is 3.40. The van der Waals surface area contributed by atoms with Crippen LogP contribution in [0.15, 0.2) is 42.5 Å². The van der Waals surface area contributed by atoms with E-state index < -0.39 is 0 Å². The standard InChI is InChI=1S/C17H19NO/c1-3-12-5-6-15(11-13(12)4-2)17(19)14-7-9-16(18)10-8-14/h5-11H,3-4,18H2,1-2H3. The number of benzene rings is 2. The number of nitrogens with two attached hydrogens (primary N) is 1. The van der Waals surface area contributed by atoms with Gasteiger partial charge in [0.1, 0.15) is 0 Å². The number of anilines is 1. The van der Waals surface area contributed by atoms with Gasteiger partial charge in [-0.05, 0) is 54.3 Å². The van der Waals surface area contributed by atoms with Gasteiger partial charge in [-0.25, -0.2) is 0 Å². The summed E-state index contributed by atoms with van der Waals surface area (Å²) >= 11 is 0. The number of aryl methyl sites for hydroxylation is 2. The summed E-state index contributed by atoms with van der Waals surface area (Å²) < 4.78 is 0. The van der Waals surface area contributed by atoms with Gasteiger partial charge < -0.3 is 5.73 Å². The van der Waals surface area contributed by atoms with Gasteiger partial charge in [0.15, 0.2) is 5.78 Å². The molecule has 0 radical (unpaired) electrons. The van der Waals surface area contributed by atoms with E-state index in [1.165, 1.54) is 11.1 Å². The van der Waals surface area contributed by atoms with E-state index in [-0.39, 0.29) is 5.78 Å². The van der Waals surface area contributed by atoms with Crippen molar-refractivity contribution in [2.45, 2.75) is 26.7 Å². The number of rotatable bonds is 4. The van der Waals surface area contributed by atoms with Crippen LogP contribution in [0.3, 0.4) is 0 Å². The summed E-state index contributed by atoms with van der Waals surface area (Å²) in [5.41, 5.74) is 10.3. The van der Waals surface area contributed by atoms with Crippen LogP contribution in [0.25, 0.3) is 0 Å². The Kier molecular flexibility index (Phi) is 4.00. The molecule has 0 aromatic heterocycles. The first-order valence-electron chi connectivity index (χ1n) is 6.67. The summed E-state index contributed by atoms with van der Waals surface area (Å²) in [6.45, 7) is 4.25. The van der Waals surface area contributed by atoms with Gasteiger partial charge >= 0.3 is 0 Å². The minimum atomic E-state index is 0.0531. The molecule has 0 bridgehead atoms. The van der Waals surface area contributed by atoms with Crippen molar-refractivity contribution < 1.29 is 4.79 Å². The molecule has 98 valence electrons. The molecule has 0 amide bonds. The molecule has 0 aliphatic rings. The predicted molar refractivity (Wildman–Crippen MR) is 79.5 cm³/mol. The van der Waals surface area contributed by atoms with Gasteiger partial charge in [-0.3, -0.25) is 4.79 Å². The molecule has 0 heterocycles. The summed E-state index contributed by atoms with van der Waals surface area (Å²) in [6, 6.07) is 13.0. The predicted octanol–water partition coefficient (Wildman–Crippen LogP) is 3.62. The number of hydrogen-bond donors (Lipinski definition) is 1. The average molecular weight is 253 g/mol. The summed E-state index contributed by atoms with van der Waals surface area (Å²) in [6.07, 6.45) is 1.95. The third-order valence-electron chi connectivity index (χ3n) is 3.40. The number of carbonyl (C=O) groups is 1. The van der Waals surface area contributed by atoms with Crippen molar-refractivity contribution in [3.63, 3.8) is 0 Å². The van der Waals surface area contributed by atoms with Crippen LogP contribution >= 0.6 is 0 Å². The van der Waals surface area contributed by atoms with E-state index in [9.17, 15) is 4.79 Å². The maximum absolute atomic E-state index is 12.4. The number of ketones is 1. The van der Waals surface area contributed by atoms with Crippen LogP contribution in [0.1, 0.15) is 40.9 Å². The zero-order valence-corrected chi connectivity index (χ0v) is 11.4. The SMILES string of the molecule is CCc1ccc(C(=O)c2ccc(N)cc2)cc1CC. The van der Waals surface area contributed by atoms with Crippen molar-refractivity contribution in [3.8, 4) is 0 Å². The molecule has 0 saturated heterocycles. The second kappa shape index (κ2) is 5.70. The lowest BCUT2D eigenvalue weighted by molar-refractivity contribution is 0.103. The maximum Gasteiger partial charge on any atom is 0.193 e. The Morgan fingerprint density at radius 3 is 2.05 bits per heavy atom.